The highest BCUT2D eigenvalue weighted by molar-refractivity contribution is 7.15. The Balaban J connectivity index is 1.37. The average molecular weight is 407 g/mol. The maximum Gasteiger partial charge on any atom is 0.255 e. The van der Waals surface area contributed by atoms with Crippen LogP contribution < -0.4 is 5.73 Å². The number of ether oxygens (including phenoxy) is 1. The molecule has 0 saturated carbocycles. The number of aromatic nitrogens is 3. The molecule has 3 aromatic heterocycles. The van der Waals surface area contributed by atoms with Gasteiger partial charge in [-0.1, -0.05) is 0 Å². The monoisotopic (exact) mass is 407 g/mol. The number of hydrogen-bond acceptors (Lipinski definition) is 7. The summed E-state index contributed by atoms with van der Waals surface area (Å²) in [5, 5.41) is 0. The van der Waals surface area contributed by atoms with Gasteiger partial charge in [0.1, 0.15) is 11.4 Å². The predicted molar refractivity (Wildman–Crippen MR) is 110 cm³/mol. The second-order valence-electron chi connectivity index (χ2n) is 7.41. The highest BCUT2D eigenvalue weighted by Gasteiger charge is 2.43. The zero-order valence-corrected chi connectivity index (χ0v) is 16.7. The van der Waals surface area contributed by atoms with Crippen LogP contribution in [0.2, 0.25) is 0 Å². The molecule has 1 saturated heterocycles. The molecule has 2 aliphatic heterocycles. The van der Waals surface area contributed by atoms with Gasteiger partial charge in [0, 0.05) is 36.6 Å². The minimum atomic E-state index is -0.311. The molecule has 0 aromatic carbocycles. The molecule has 7 nitrogen and oxygen atoms in total. The Bertz CT molecular complexity index is 1030. The van der Waals surface area contributed by atoms with Crippen molar-refractivity contribution in [2.45, 2.75) is 24.9 Å². The molecule has 0 atom stereocenters. The molecule has 2 N–H and O–H groups in total. The first-order valence-electron chi connectivity index (χ1n) is 9.69. The molecule has 3 aromatic rings. The lowest BCUT2D eigenvalue weighted by Crippen LogP contribution is -2.47. The minimum absolute atomic E-state index is 0.00480. The highest BCUT2D eigenvalue weighted by Crippen LogP contribution is 2.47. The van der Waals surface area contributed by atoms with Crippen molar-refractivity contribution < 1.29 is 9.53 Å². The van der Waals surface area contributed by atoms with E-state index >= 15 is 0 Å². The van der Waals surface area contributed by atoms with E-state index in [1.165, 1.54) is 10.4 Å². The maximum atomic E-state index is 12.8. The largest absolute Gasteiger partial charge is 0.384 e. The molecule has 1 amide bonds. The number of nitrogen functional groups attached to an aromatic ring is 1. The molecule has 0 radical (unpaired) electrons. The van der Waals surface area contributed by atoms with E-state index in [0.717, 1.165) is 29.8 Å². The summed E-state index contributed by atoms with van der Waals surface area (Å²) in [6.07, 6.45) is 9.23. The van der Waals surface area contributed by atoms with Gasteiger partial charge in [0.25, 0.3) is 5.91 Å². The molecule has 1 fully saturated rings. The molecule has 2 aliphatic rings. The Kier molecular flexibility index (Phi) is 4.52. The molecule has 0 bridgehead atoms. The summed E-state index contributed by atoms with van der Waals surface area (Å²) < 4.78 is 6.34. The van der Waals surface area contributed by atoms with Crippen LogP contribution in [0.3, 0.4) is 0 Å². The third kappa shape index (κ3) is 3.28. The van der Waals surface area contributed by atoms with Gasteiger partial charge in [0.05, 0.1) is 28.9 Å². The summed E-state index contributed by atoms with van der Waals surface area (Å²) >= 11 is 1.75. The molecule has 5 rings (SSSR count). The lowest BCUT2D eigenvalue weighted by atomic mass is 9.85. The zero-order valence-electron chi connectivity index (χ0n) is 15.9. The van der Waals surface area contributed by atoms with Gasteiger partial charge < -0.3 is 15.4 Å². The number of rotatable bonds is 2. The smallest absolute Gasteiger partial charge is 0.255 e. The van der Waals surface area contributed by atoms with E-state index < -0.39 is 0 Å². The topological polar surface area (TPSA) is 94.2 Å². The molecule has 0 aliphatic carbocycles. The van der Waals surface area contributed by atoms with Gasteiger partial charge in [-0.3, -0.25) is 14.8 Å². The number of fused-ring (bicyclic) bond motifs is 2. The minimum Gasteiger partial charge on any atom is -0.384 e. The van der Waals surface area contributed by atoms with Gasteiger partial charge in [0.2, 0.25) is 0 Å². The van der Waals surface area contributed by atoms with E-state index in [1.807, 2.05) is 4.90 Å². The average Bonchev–Trinajstić information content (AvgIpc) is 3.21. The van der Waals surface area contributed by atoms with Crippen molar-refractivity contribution in [3.63, 3.8) is 0 Å². The van der Waals surface area contributed by atoms with Crippen molar-refractivity contribution >= 4 is 23.1 Å². The van der Waals surface area contributed by atoms with Gasteiger partial charge in [0.15, 0.2) is 0 Å². The van der Waals surface area contributed by atoms with Crippen molar-refractivity contribution in [3.05, 3.63) is 59.0 Å². The first kappa shape index (κ1) is 18.2. The molecule has 0 unspecified atom stereocenters. The van der Waals surface area contributed by atoms with Crippen molar-refractivity contribution in [2.24, 2.45) is 0 Å². The Labute approximate surface area is 172 Å². The number of carbonyl (C=O) groups excluding carboxylic acids is 1. The standard InChI is InChI=1S/C21H21N5O2S/c22-18-2-1-15(12-25-18)20(27)26-8-4-21(5-9-26)19-14(3-10-28-21)11-17(29-19)16-13-23-6-7-24-16/h1-2,6-7,11-13H,3-5,8-10H2,(H2,22,25). The van der Waals surface area contributed by atoms with Gasteiger partial charge in [-0.05, 0) is 43.0 Å². The van der Waals surface area contributed by atoms with Crippen LogP contribution in [0.1, 0.15) is 33.6 Å². The van der Waals surface area contributed by atoms with E-state index in [-0.39, 0.29) is 11.5 Å². The number of amides is 1. The lowest BCUT2D eigenvalue weighted by molar-refractivity contribution is -0.0906. The molecule has 29 heavy (non-hydrogen) atoms. The van der Waals surface area contributed by atoms with E-state index in [1.54, 1.807) is 48.3 Å². The summed E-state index contributed by atoms with van der Waals surface area (Å²) in [6, 6.07) is 5.62. The van der Waals surface area contributed by atoms with Gasteiger partial charge >= 0.3 is 0 Å². The summed E-state index contributed by atoms with van der Waals surface area (Å²) in [6.45, 7) is 2.02. The third-order valence-corrected chi connectivity index (χ3v) is 7.07. The van der Waals surface area contributed by atoms with Gasteiger partial charge in [-0.15, -0.1) is 11.3 Å². The van der Waals surface area contributed by atoms with E-state index in [9.17, 15) is 4.79 Å². The molecule has 8 heteroatoms. The quantitative estimate of drug-likeness (QED) is 0.702. The number of thiophene rings is 1. The Morgan fingerprint density at radius 1 is 1.17 bits per heavy atom. The van der Waals surface area contributed by atoms with Crippen LogP contribution in [-0.2, 0) is 16.8 Å². The fourth-order valence-corrected chi connectivity index (χ4v) is 5.50. The van der Waals surface area contributed by atoms with E-state index in [0.29, 0.717) is 31.1 Å². The zero-order chi connectivity index (χ0) is 19.8. The second-order valence-corrected chi connectivity index (χ2v) is 8.46. The van der Waals surface area contributed by atoms with Gasteiger partial charge in [-0.25, -0.2) is 4.98 Å². The number of hydrogen-bond donors (Lipinski definition) is 1. The van der Waals surface area contributed by atoms with Crippen molar-refractivity contribution in [2.75, 3.05) is 25.4 Å². The fourth-order valence-electron chi connectivity index (χ4n) is 4.13. The number of carbonyl (C=O) groups is 1. The first-order valence-corrected chi connectivity index (χ1v) is 10.5. The molecular formula is C21H21N5O2S. The van der Waals surface area contributed by atoms with Gasteiger partial charge in [-0.2, -0.15) is 0 Å². The molecular weight excluding hydrogens is 386 g/mol. The van der Waals surface area contributed by atoms with Crippen LogP contribution in [0.4, 0.5) is 5.82 Å². The highest BCUT2D eigenvalue weighted by atomic mass is 32.1. The van der Waals surface area contributed by atoms with Crippen LogP contribution in [0.15, 0.2) is 43.0 Å². The predicted octanol–water partition coefficient (Wildman–Crippen LogP) is 2.89. The number of nitrogens with two attached hydrogens (primary N) is 1. The van der Waals surface area contributed by atoms with Crippen molar-refractivity contribution in [1.82, 2.24) is 19.9 Å². The normalized spacial score (nSPS) is 17.9. The lowest BCUT2D eigenvalue weighted by Gasteiger charge is -2.43. The summed E-state index contributed by atoms with van der Waals surface area (Å²) in [7, 11) is 0. The summed E-state index contributed by atoms with van der Waals surface area (Å²) in [5.74, 6) is 0.411. The van der Waals surface area contributed by atoms with E-state index in [2.05, 4.69) is 21.0 Å². The van der Waals surface area contributed by atoms with Crippen LogP contribution in [0, 0.1) is 0 Å². The molecule has 148 valence electrons. The Morgan fingerprint density at radius 3 is 2.76 bits per heavy atom. The fraction of sp³-hybridized carbons (Fsp3) is 0.333. The summed E-state index contributed by atoms with van der Waals surface area (Å²) in [4.78, 5) is 29.8. The van der Waals surface area contributed by atoms with Crippen molar-refractivity contribution in [3.8, 4) is 10.6 Å². The Morgan fingerprint density at radius 2 is 2.03 bits per heavy atom. The molecule has 1 spiro atoms. The number of piperidine rings is 1. The van der Waals surface area contributed by atoms with Crippen LogP contribution in [0.5, 0.6) is 0 Å². The number of anilines is 1. The SMILES string of the molecule is Nc1ccc(C(=O)N2CCC3(CC2)OCCc2cc(-c4cnccn4)sc23)cn1. The summed E-state index contributed by atoms with van der Waals surface area (Å²) in [5.41, 5.74) is 8.12. The second kappa shape index (κ2) is 7.20. The van der Waals surface area contributed by atoms with E-state index in [4.69, 9.17) is 10.5 Å². The third-order valence-electron chi connectivity index (χ3n) is 5.68. The van der Waals surface area contributed by atoms with Crippen LogP contribution in [-0.4, -0.2) is 45.5 Å². The number of pyridine rings is 1. The number of likely N-dealkylation sites (tertiary alicyclic amines) is 1. The Hall–Kier alpha value is -2.84. The first-order chi connectivity index (χ1) is 14.1. The van der Waals surface area contributed by atoms with Crippen LogP contribution >= 0.6 is 11.3 Å². The number of nitrogens with zero attached hydrogens (tertiary/aromatic N) is 4. The van der Waals surface area contributed by atoms with Crippen LogP contribution in [0.25, 0.3) is 10.6 Å². The molecule has 5 heterocycles. The maximum absolute atomic E-state index is 12.8. The van der Waals surface area contributed by atoms with Crippen molar-refractivity contribution in [1.29, 1.82) is 0 Å².